The summed E-state index contributed by atoms with van der Waals surface area (Å²) in [6.45, 7) is 2.00. The van der Waals surface area contributed by atoms with E-state index in [1.165, 1.54) is 6.07 Å². The number of benzene rings is 2. The van der Waals surface area contributed by atoms with Crippen molar-refractivity contribution >= 4 is 29.1 Å². The van der Waals surface area contributed by atoms with Gasteiger partial charge in [-0.05, 0) is 30.3 Å². The minimum absolute atomic E-state index is 0.0783. The molecule has 0 saturated carbocycles. The number of rotatable bonds is 4. The van der Waals surface area contributed by atoms with Gasteiger partial charge in [0.25, 0.3) is 5.91 Å². The smallest absolute Gasteiger partial charge is 0.251 e. The zero-order valence-corrected chi connectivity index (χ0v) is 14.9. The van der Waals surface area contributed by atoms with Crippen molar-refractivity contribution in [2.24, 2.45) is 0 Å². The molecule has 1 fully saturated rings. The molecule has 136 valence electrons. The highest BCUT2D eigenvalue weighted by Crippen LogP contribution is 2.20. The van der Waals surface area contributed by atoms with Crippen LogP contribution in [0.15, 0.2) is 48.5 Å². The molecule has 0 radical (unpaired) electrons. The summed E-state index contributed by atoms with van der Waals surface area (Å²) in [4.78, 5) is 28.0. The van der Waals surface area contributed by atoms with E-state index in [4.69, 9.17) is 11.6 Å². The molecule has 1 saturated heterocycles. The maximum atomic E-state index is 13.8. The summed E-state index contributed by atoms with van der Waals surface area (Å²) >= 11 is 5.86. The average molecular weight is 376 g/mol. The van der Waals surface area contributed by atoms with Gasteiger partial charge in [-0.15, -0.1) is 0 Å². The van der Waals surface area contributed by atoms with E-state index in [0.717, 1.165) is 0 Å². The van der Waals surface area contributed by atoms with Crippen molar-refractivity contribution < 1.29 is 14.0 Å². The monoisotopic (exact) mass is 375 g/mol. The molecular weight excluding hydrogens is 357 g/mol. The summed E-state index contributed by atoms with van der Waals surface area (Å²) in [5.74, 6) is -0.763. The molecule has 1 heterocycles. The van der Waals surface area contributed by atoms with Crippen molar-refractivity contribution in [1.29, 1.82) is 0 Å². The maximum absolute atomic E-state index is 13.8. The van der Waals surface area contributed by atoms with Crippen molar-refractivity contribution in [3.63, 3.8) is 0 Å². The van der Waals surface area contributed by atoms with E-state index >= 15 is 0 Å². The summed E-state index contributed by atoms with van der Waals surface area (Å²) < 4.78 is 13.8. The first-order chi connectivity index (χ1) is 12.5. The van der Waals surface area contributed by atoms with Gasteiger partial charge in [-0.1, -0.05) is 29.8 Å². The Morgan fingerprint density at radius 2 is 1.77 bits per heavy atom. The molecule has 0 spiro atoms. The number of carbonyl (C=O) groups is 2. The molecule has 0 aromatic heterocycles. The van der Waals surface area contributed by atoms with Crippen LogP contribution in [0.25, 0.3) is 0 Å². The van der Waals surface area contributed by atoms with Crippen molar-refractivity contribution in [3.05, 3.63) is 64.9 Å². The Balaban J connectivity index is 1.49. The quantitative estimate of drug-likeness (QED) is 0.893. The molecule has 26 heavy (non-hydrogen) atoms. The summed E-state index contributed by atoms with van der Waals surface area (Å²) in [6, 6.07) is 13.2. The van der Waals surface area contributed by atoms with Crippen LogP contribution >= 0.6 is 11.6 Å². The highest BCUT2D eigenvalue weighted by Gasteiger charge is 2.22. The molecule has 0 unspecified atom stereocenters. The first-order valence-electron chi connectivity index (χ1n) is 8.35. The molecule has 2 aromatic carbocycles. The van der Waals surface area contributed by atoms with Crippen LogP contribution in [0, 0.1) is 5.82 Å². The van der Waals surface area contributed by atoms with E-state index < -0.39 is 0 Å². The molecule has 0 aliphatic carbocycles. The first-order valence-corrected chi connectivity index (χ1v) is 8.73. The molecule has 7 heteroatoms. The fraction of sp³-hybridized carbons (Fsp3) is 0.263. The van der Waals surface area contributed by atoms with Crippen LogP contribution in [0.2, 0.25) is 5.02 Å². The number of carbonyl (C=O) groups excluding carboxylic acids is 2. The Kier molecular flexibility index (Phi) is 5.73. The Labute approximate surface area is 156 Å². The summed E-state index contributed by atoms with van der Waals surface area (Å²) in [7, 11) is 0. The minimum Gasteiger partial charge on any atom is -0.366 e. The summed E-state index contributed by atoms with van der Waals surface area (Å²) in [6.07, 6.45) is 0. The van der Waals surface area contributed by atoms with E-state index in [0.29, 0.717) is 42.5 Å². The molecular formula is C19H19ClFN3O2. The predicted molar refractivity (Wildman–Crippen MR) is 99.0 cm³/mol. The number of piperazine rings is 1. The molecule has 0 atom stereocenters. The normalized spacial score (nSPS) is 14.2. The first kappa shape index (κ1) is 18.2. The number of anilines is 1. The Hall–Kier alpha value is -2.60. The van der Waals surface area contributed by atoms with E-state index in [1.807, 2.05) is 4.90 Å². The second-order valence-corrected chi connectivity index (χ2v) is 6.45. The van der Waals surface area contributed by atoms with E-state index in [1.54, 1.807) is 47.4 Å². The lowest BCUT2D eigenvalue weighted by atomic mass is 10.2. The van der Waals surface area contributed by atoms with Crippen LogP contribution in [0.5, 0.6) is 0 Å². The van der Waals surface area contributed by atoms with Crippen LogP contribution in [0.4, 0.5) is 10.1 Å². The number of hydrogen-bond acceptors (Lipinski definition) is 3. The van der Waals surface area contributed by atoms with Crippen molar-refractivity contribution in [1.82, 2.24) is 10.2 Å². The number of halogens is 2. The predicted octanol–water partition coefficient (Wildman–Crippen LogP) is 2.56. The lowest BCUT2D eigenvalue weighted by Crippen LogP contribution is -2.51. The third-order valence-electron chi connectivity index (χ3n) is 4.31. The van der Waals surface area contributed by atoms with Gasteiger partial charge in [-0.2, -0.15) is 0 Å². The lowest BCUT2D eigenvalue weighted by molar-refractivity contribution is -0.130. The summed E-state index contributed by atoms with van der Waals surface area (Å²) in [5, 5.41) is 3.08. The van der Waals surface area contributed by atoms with Gasteiger partial charge in [-0.25, -0.2) is 4.39 Å². The van der Waals surface area contributed by atoms with Gasteiger partial charge in [0, 0.05) is 36.8 Å². The highest BCUT2D eigenvalue weighted by molar-refractivity contribution is 6.30. The topological polar surface area (TPSA) is 52.7 Å². The number of nitrogens with one attached hydrogen (secondary N) is 1. The number of nitrogens with zero attached hydrogens (tertiary/aromatic N) is 2. The second-order valence-electron chi connectivity index (χ2n) is 6.01. The largest absolute Gasteiger partial charge is 0.366 e. The molecule has 0 bridgehead atoms. The molecule has 5 nitrogen and oxygen atoms in total. The van der Waals surface area contributed by atoms with Gasteiger partial charge < -0.3 is 15.1 Å². The van der Waals surface area contributed by atoms with Crippen molar-refractivity contribution in [2.45, 2.75) is 0 Å². The van der Waals surface area contributed by atoms with Gasteiger partial charge in [-0.3, -0.25) is 9.59 Å². The van der Waals surface area contributed by atoms with Crippen LogP contribution in [-0.2, 0) is 4.79 Å². The van der Waals surface area contributed by atoms with Gasteiger partial charge in [0.1, 0.15) is 5.82 Å². The van der Waals surface area contributed by atoms with Crippen LogP contribution in [-0.4, -0.2) is 49.4 Å². The van der Waals surface area contributed by atoms with E-state index in [2.05, 4.69) is 5.32 Å². The Morgan fingerprint density at radius 1 is 1.04 bits per heavy atom. The molecule has 2 amide bonds. The second kappa shape index (κ2) is 8.19. The fourth-order valence-electron chi connectivity index (χ4n) is 2.90. The minimum atomic E-state index is -0.342. The van der Waals surface area contributed by atoms with Crippen LogP contribution in [0.1, 0.15) is 10.4 Å². The van der Waals surface area contributed by atoms with Crippen molar-refractivity contribution in [3.8, 4) is 0 Å². The third kappa shape index (κ3) is 4.32. The van der Waals surface area contributed by atoms with E-state index in [9.17, 15) is 14.0 Å². The maximum Gasteiger partial charge on any atom is 0.251 e. The van der Waals surface area contributed by atoms with Crippen molar-refractivity contribution in [2.75, 3.05) is 37.6 Å². The standard InChI is InChI=1S/C19H19ClFN3O2/c20-15-5-3-4-14(12-15)19(26)22-13-18(25)24-10-8-23(9-11-24)17-7-2-1-6-16(17)21/h1-7,12H,8-11,13H2,(H,22,26). The average Bonchev–Trinajstić information content (AvgIpc) is 2.66. The molecule has 1 N–H and O–H groups in total. The molecule has 3 rings (SSSR count). The SMILES string of the molecule is O=C(NCC(=O)N1CCN(c2ccccc2F)CC1)c1cccc(Cl)c1. The Bertz CT molecular complexity index is 807. The molecule has 2 aromatic rings. The zero-order valence-electron chi connectivity index (χ0n) is 14.1. The van der Waals surface area contributed by atoms with E-state index in [-0.39, 0.29) is 24.2 Å². The van der Waals surface area contributed by atoms with Gasteiger partial charge in [0.15, 0.2) is 0 Å². The van der Waals surface area contributed by atoms with Gasteiger partial charge in [0.2, 0.25) is 5.91 Å². The number of para-hydroxylation sites is 1. The fourth-order valence-corrected chi connectivity index (χ4v) is 3.09. The Morgan fingerprint density at radius 3 is 2.46 bits per heavy atom. The van der Waals surface area contributed by atoms with Gasteiger partial charge in [0.05, 0.1) is 12.2 Å². The third-order valence-corrected chi connectivity index (χ3v) is 4.55. The van der Waals surface area contributed by atoms with Gasteiger partial charge >= 0.3 is 0 Å². The number of amides is 2. The van der Waals surface area contributed by atoms with Crippen LogP contribution in [0.3, 0.4) is 0 Å². The summed E-state index contributed by atoms with van der Waals surface area (Å²) in [5.41, 5.74) is 0.962. The van der Waals surface area contributed by atoms with Crippen LogP contribution < -0.4 is 10.2 Å². The lowest BCUT2D eigenvalue weighted by Gasteiger charge is -2.36. The highest BCUT2D eigenvalue weighted by atomic mass is 35.5. The molecule has 1 aliphatic heterocycles. The number of hydrogen-bond donors (Lipinski definition) is 1. The zero-order chi connectivity index (χ0) is 18.5. The molecule has 1 aliphatic rings.